The zero-order valence-electron chi connectivity index (χ0n) is 47.4. The van der Waals surface area contributed by atoms with E-state index in [1.807, 2.05) is 19.1 Å². The van der Waals surface area contributed by atoms with Crippen LogP contribution in [0.2, 0.25) is 0 Å². The maximum absolute atomic E-state index is 14.0. The van der Waals surface area contributed by atoms with Crippen molar-refractivity contribution in [1.82, 2.24) is 25.8 Å². The first kappa shape index (κ1) is 63.4. The molecule has 23 nitrogen and oxygen atoms in total. The van der Waals surface area contributed by atoms with Crippen LogP contribution in [0.4, 0.5) is 5.69 Å². The molecule has 0 radical (unpaired) electrons. The number of piperidine rings is 2. The third-order valence-electron chi connectivity index (χ3n) is 14.4. The molecular weight excluding hydrogens is 1060 g/mol. The Morgan fingerprint density at radius 2 is 1.39 bits per heavy atom. The molecule has 3 aliphatic rings. The van der Waals surface area contributed by atoms with Crippen LogP contribution in [0.3, 0.4) is 0 Å². The van der Waals surface area contributed by atoms with Crippen molar-refractivity contribution >= 4 is 64.7 Å². The summed E-state index contributed by atoms with van der Waals surface area (Å²) in [6.45, 7) is 7.88. The lowest BCUT2D eigenvalue weighted by Crippen LogP contribution is -2.54. The van der Waals surface area contributed by atoms with E-state index in [1.165, 1.54) is 23.1 Å². The van der Waals surface area contributed by atoms with Gasteiger partial charge in [-0.25, -0.2) is 4.79 Å². The number of likely N-dealkylation sites (tertiary alicyclic amines) is 1. The molecule has 3 aliphatic heterocycles. The van der Waals surface area contributed by atoms with Crippen molar-refractivity contribution in [3.05, 3.63) is 82.9 Å². The Bertz CT molecular complexity index is 2770. The van der Waals surface area contributed by atoms with Gasteiger partial charge < -0.3 is 54.0 Å². The monoisotopic (exact) mass is 1140 g/mol. The fraction of sp³-hybridized carbons (Fsp3) is 0.525. The van der Waals surface area contributed by atoms with Crippen LogP contribution in [0.1, 0.15) is 129 Å². The number of benzene rings is 3. The molecule has 8 amide bonds. The summed E-state index contributed by atoms with van der Waals surface area (Å²) < 4.78 is 39.4. The molecule has 0 aromatic heterocycles. The molecule has 23 heteroatoms. The molecular formula is C59H76N6O17. The molecule has 444 valence electrons. The standard InChI is InChI=1S/C59H76N6O17/c1-6-59(2,3)53(70)57(74)64-29-8-7-13-43(64)58(75)82-44(22-15-38-16-23-45(76-4)47(36-38)77-5)39-17-19-40(20-18-39)62-49(67)26-25-48(66)60-27-10-30-78-32-34-80-35-33-79-31-11-28-61-51(69)37-81-46-14-9-12-41-52(46)56(73)65(55(41)72)42-21-24-50(68)63-54(42)71/h9,12,14,16-20,23,36,42-44H,6-8,10-11,13,15,21-22,24-35,37H2,1-5H3,(H,60,66)(H,61,69)(H,62,67)(H,63,68,71)/t42?,43-,44-/m0/s1. The molecule has 3 atom stereocenters. The third kappa shape index (κ3) is 17.9. The van der Waals surface area contributed by atoms with E-state index in [0.29, 0.717) is 127 Å². The minimum atomic E-state index is -1.12. The molecule has 4 N–H and O–H groups in total. The zero-order valence-corrected chi connectivity index (χ0v) is 47.4. The molecule has 2 saturated heterocycles. The predicted octanol–water partition coefficient (Wildman–Crippen LogP) is 4.57. The molecule has 3 aromatic rings. The van der Waals surface area contributed by atoms with Crippen LogP contribution in [-0.2, 0) is 63.7 Å². The Kier molecular flexibility index (Phi) is 24.3. The number of ether oxygens (including phenoxy) is 7. The van der Waals surface area contributed by atoms with Gasteiger partial charge in [0.1, 0.15) is 23.9 Å². The SMILES string of the molecule is CCC(C)(C)C(=O)C(=O)N1CCCC[C@H]1C(=O)O[C@@H](CCc1ccc(OC)c(OC)c1)c1ccc(NC(=O)CCC(=O)NCCCOCCOCCOCCCNC(=O)COc2cccc3c2C(=O)N(C2CCC(=O)NC2=O)C3=O)cc1. The van der Waals surface area contributed by atoms with Gasteiger partial charge in [-0.15, -0.1) is 0 Å². The number of nitrogens with zero attached hydrogens (tertiary/aromatic N) is 2. The summed E-state index contributed by atoms with van der Waals surface area (Å²) in [6, 6.07) is 14.8. The van der Waals surface area contributed by atoms with E-state index in [-0.39, 0.29) is 60.9 Å². The number of imide groups is 2. The van der Waals surface area contributed by atoms with Gasteiger partial charge in [-0.05, 0) is 105 Å². The highest BCUT2D eigenvalue weighted by molar-refractivity contribution is 6.38. The van der Waals surface area contributed by atoms with Crippen LogP contribution >= 0.6 is 0 Å². The lowest BCUT2D eigenvalue weighted by Gasteiger charge is -2.36. The maximum atomic E-state index is 14.0. The quantitative estimate of drug-likeness (QED) is 0.0281. The summed E-state index contributed by atoms with van der Waals surface area (Å²) in [5.41, 5.74) is 1.19. The summed E-state index contributed by atoms with van der Waals surface area (Å²) in [4.78, 5) is 131. The second-order valence-electron chi connectivity index (χ2n) is 20.6. The number of aryl methyl sites for hydroxylation is 1. The largest absolute Gasteiger partial charge is 0.493 e. The van der Waals surface area contributed by atoms with Gasteiger partial charge in [0.2, 0.25) is 29.4 Å². The first-order valence-corrected chi connectivity index (χ1v) is 27.9. The van der Waals surface area contributed by atoms with E-state index in [9.17, 15) is 47.9 Å². The fourth-order valence-corrected chi connectivity index (χ4v) is 9.31. The number of esters is 1. The van der Waals surface area contributed by atoms with E-state index in [1.54, 1.807) is 58.4 Å². The first-order chi connectivity index (χ1) is 39.5. The molecule has 1 unspecified atom stereocenters. The van der Waals surface area contributed by atoms with Crippen molar-refractivity contribution in [2.45, 2.75) is 116 Å². The van der Waals surface area contributed by atoms with Gasteiger partial charge >= 0.3 is 5.97 Å². The lowest BCUT2D eigenvalue weighted by atomic mass is 9.84. The molecule has 0 saturated carbocycles. The van der Waals surface area contributed by atoms with Crippen LogP contribution < -0.4 is 35.5 Å². The third-order valence-corrected chi connectivity index (χ3v) is 14.4. The smallest absolute Gasteiger partial charge is 0.329 e. The first-order valence-electron chi connectivity index (χ1n) is 27.9. The van der Waals surface area contributed by atoms with E-state index < -0.39 is 77.4 Å². The van der Waals surface area contributed by atoms with Crippen LogP contribution in [0.25, 0.3) is 0 Å². The van der Waals surface area contributed by atoms with Crippen LogP contribution in [0.5, 0.6) is 17.2 Å². The Balaban J connectivity index is 0.810. The number of amides is 8. The normalized spacial score (nSPS) is 16.4. The zero-order chi connectivity index (χ0) is 59.2. The molecule has 3 aromatic carbocycles. The topological polar surface area (TPSA) is 290 Å². The Morgan fingerprint density at radius 3 is 2.05 bits per heavy atom. The van der Waals surface area contributed by atoms with Crippen LogP contribution in [-0.4, -0.2) is 161 Å². The van der Waals surface area contributed by atoms with E-state index >= 15 is 0 Å². The van der Waals surface area contributed by atoms with Crippen molar-refractivity contribution in [1.29, 1.82) is 0 Å². The average Bonchev–Trinajstić information content (AvgIpc) is 2.98. The Morgan fingerprint density at radius 1 is 0.732 bits per heavy atom. The molecule has 0 bridgehead atoms. The van der Waals surface area contributed by atoms with Gasteiger partial charge in [-0.1, -0.05) is 45.0 Å². The summed E-state index contributed by atoms with van der Waals surface area (Å²) in [7, 11) is 3.10. The van der Waals surface area contributed by atoms with Crippen LogP contribution in [0.15, 0.2) is 60.7 Å². The maximum Gasteiger partial charge on any atom is 0.329 e. The van der Waals surface area contributed by atoms with Crippen LogP contribution in [0, 0.1) is 5.41 Å². The fourth-order valence-electron chi connectivity index (χ4n) is 9.31. The highest BCUT2D eigenvalue weighted by Crippen LogP contribution is 2.35. The van der Waals surface area contributed by atoms with Crippen molar-refractivity contribution in [3.8, 4) is 17.2 Å². The number of nitrogens with one attached hydrogen (secondary N) is 4. The second kappa shape index (κ2) is 31.5. The van der Waals surface area contributed by atoms with E-state index in [2.05, 4.69) is 21.3 Å². The van der Waals surface area contributed by atoms with Gasteiger partial charge in [0, 0.05) is 63.2 Å². The molecule has 3 heterocycles. The van der Waals surface area contributed by atoms with Gasteiger partial charge in [-0.3, -0.25) is 53.4 Å². The number of Topliss-reactive ketones (excluding diaryl/α,β-unsaturated/α-hetero) is 1. The van der Waals surface area contributed by atoms with Gasteiger partial charge in [0.25, 0.3) is 23.6 Å². The molecule has 0 aliphatic carbocycles. The minimum absolute atomic E-state index is 0.00664. The van der Waals surface area contributed by atoms with Gasteiger partial charge in [0.15, 0.2) is 18.1 Å². The molecule has 2 fully saturated rings. The van der Waals surface area contributed by atoms with Crippen molar-refractivity contribution in [2.24, 2.45) is 5.41 Å². The highest BCUT2D eigenvalue weighted by Gasteiger charge is 2.46. The number of carbonyl (C=O) groups excluding carboxylic acids is 10. The number of hydrogen-bond donors (Lipinski definition) is 4. The average molecular weight is 1140 g/mol. The number of anilines is 1. The number of methoxy groups -OCH3 is 2. The highest BCUT2D eigenvalue weighted by atomic mass is 16.6. The summed E-state index contributed by atoms with van der Waals surface area (Å²) >= 11 is 0. The van der Waals surface area contributed by atoms with E-state index in [0.717, 1.165) is 10.5 Å². The van der Waals surface area contributed by atoms with Gasteiger partial charge in [-0.2, -0.15) is 0 Å². The number of fused-ring (bicyclic) bond motifs is 1. The molecule has 82 heavy (non-hydrogen) atoms. The minimum Gasteiger partial charge on any atom is -0.493 e. The predicted molar refractivity (Wildman–Crippen MR) is 296 cm³/mol. The Labute approximate surface area is 477 Å². The number of rotatable bonds is 33. The second-order valence-corrected chi connectivity index (χ2v) is 20.6. The summed E-state index contributed by atoms with van der Waals surface area (Å²) in [5, 5.41) is 10.5. The van der Waals surface area contributed by atoms with Crippen molar-refractivity contribution in [2.75, 3.05) is 85.4 Å². The number of carbonyl (C=O) groups is 10. The van der Waals surface area contributed by atoms with Gasteiger partial charge in [0.05, 0.1) is 51.8 Å². The molecule has 0 spiro atoms. The molecule has 6 rings (SSSR count). The number of hydrogen-bond acceptors (Lipinski definition) is 17. The van der Waals surface area contributed by atoms with Crippen molar-refractivity contribution in [3.63, 3.8) is 0 Å². The van der Waals surface area contributed by atoms with E-state index in [4.69, 9.17) is 33.2 Å². The lowest BCUT2D eigenvalue weighted by molar-refractivity contribution is -0.164. The number of ketones is 1. The summed E-state index contributed by atoms with van der Waals surface area (Å²) in [5.74, 6) is -4.34. The van der Waals surface area contributed by atoms with Crippen molar-refractivity contribution < 1.29 is 81.1 Å². The summed E-state index contributed by atoms with van der Waals surface area (Å²) in [6.07, 6.45) is 3.33. The Hall–Kier alpha value is -7.76.